The molecular formula is C19H28O. The van der Waals surface area contributed by atoms with E-state index in [4.69, 9.17) is 0 Å². The molecule has 6 atom stereocenters. The molecule has 0 bridgehead atoms. The van der Waals surface area contributed by atoms with Gasteiger partial charge in [0.25, 0.3) is 0 Å². The summed E-state index contributed by atoms with van der Waals surface area (Å²) in [6, 6.07) is 0. The summed E-state index contributed by atoms with van der Waals surface area (Å²) in [5.74, 6) is 3.61. The maximum absolute atomic E-state index is 12.3. The van der Waals surface area contributed by atoms with E-state index in [0.29, 0.717) is 17.1 Å². The molecule has 1 heteroatoms. The Bertz CT molecular complexity index is 464. The first-order chi connectivity index (χ1) is 9.56. The number of carbonyl (C=O) groups is 1. The van der Waals surface area contributed by atoms with E-state index in [-0.39, 0.29) is 5.41 Å². The molecule has 1 nitrogen and oxygen atoms in total. The van der Waals surface area contributed by atoms with Crippen LogP contribution in [-0.4, -0.2) is 5.78 Å². The summed E-state index contributed by atoms with van der Waals surface area (Å²) in [5.41, 5.74) is 0.543. The molecule has 0 saturated heterocycles. The molecular weight excluding hydrogens is 244 g/mol. The van der Waals surface area contributed by atoms with Gasteiger partial charge < -0.3 is 0 Å². The predicted molar refractivity (Wildman–Crippen MR) is 81.3 cm³/mol. The molecule has 0 N–H and O–H groups in total. The first kappa shape index (κ1) is 13.1. The lowest BCUT2D eigenvalue weighted by Gasteiger charge is -2.59. The van der Waals surface area contributed by atoms with E-state index in [1.165, 1.54) is 44.9 Å². The minimum atomic E-state index is -0.0426. The van der Waals surface area contributed by atoms with Crippen molar-refractivity contribution in [3.8, 4) is 0 Å². The topological polar surface area (TPSA) is 17.1 Å². The van der Waals surface area contributed by atoms with Gasteiger partial charge in [-0.05, 0) is 73.7 Å². The Kier molecular flexibility index (Phi) is 2.76. The SMILES string of the molecule is C[C@]12CCC3[C@@H](CC[C@H]4CCCC[C@]34C)[C@@H]1C=CC2=O. The predicted octanol–water partition coefficient (Wildman–Crippen LogP) is 4.76. The van der Waals surface area contributed by atoms with Crippen LogP contribution in [0.15, 0.2) is 12.2 Å². The van der Waals surface area contributed by atoms with Gasteiger partial charge in [0.15, 0.2) is 5.78 Å². The number of carbonyl (C=O) groups excluding carboxylic acids is 1. The fraction of sp³-hybridized carbons (Fsp3) is 0.842. The number of hydrogen-bond donors (Lipinski definition) is 0. The van der Waals surface area contributed by atoms with Crippen LogP contribution < -0.4 is 0 Å². The van der Waals surface area contributed by atoms with Crippen LogP contribution in [0.3, 0.4) is 0 Å². The van der Waals surface area contributed by atoms with Crippen LogP contribution in [0.1, 0.15) is 65.2 Å². The van der Waals surface area contributed by atoms with Crippen LogP contribution >= 0.6 is 0 Å². The highest BCUT2D eigenvalue weighted by molar-refractivity contribution is 5.97. The molecule has 4 rings (SSSR count). The van der Waals surface area contributed by atoms with Crippen molar-refractivity contribution >= 4 is 5.78 Å². The molecule has 0 spiro atoms. The standard InChI is InChI=1S/C19H28O/c1-18-11-4-3-5-13(18)6-7-14-15-8-9-17(20)19(15,2)12-10-16(14)18/h8-9,13-16H,3-7,10-12H2,1-2H3/t13-,14+,15+,16?,18+,19+/m1/s1. The van der Waals surface area contributed by atoms with E-state index in [9.17, 15) is 4.79 Å². The van der Waals surface area contributed by atoms with Gasteiger partial charge in [-0.2, -0.15) is 0 Å². The van der Waals surface area contributed by atoms with Gasteiger partial charge in [-0.15, -0.1) is 0 Å². The van der Waals surface area contributed by atoms with E-state index in [1.54, 1.807) is 0 Å². The van der Waals surface area contributed by atoms with E-state index in [2.05, 4.69) is 19.9 Å². The molecule has 0 aromatic heterocycles. The fourth-order valence-corrected chi connectivity index (χ4v) is 6.57. The van der Waals surface area contributed by atoms with Gasteiger partial charge in [-0.1, -0.05) is 32.8 Å². The largest absolute Gasteiger partial charge is 0.294 e. The zero-order chi connectivity index (χ0) is 14.0. The van der Waals surface area contributed by atoms with Gasteiger partial charge in [0, 0.05) is 5.41 Å². The van der Waals surface area contributed by atoms with Crippen molar-refractivity contribution in [3.05, 3.63) is 12.2 Å². The Morgan fingerprint density at radius 3 is 2.75 bits per heavy atom. The van der Waals surface area contributed by atoms with Crippen LogP contribution in [0.25, 0.3) is 0 Å². The minimum Gasteiger partial charge on any atom is -0.294 e. The second kappa shape index (κ2) is 4.21. The third-order valence-electron chi connectivity index (χ3n) is 7.85. The molecule has 3 fully saturated rings. The lowest BCUT2D eigenvalue weighted by Crippen LogP contribution is -2.52. The quantitative estimate of drug-likeness (QED) is 0.621. The average Bonchev–Trinajstić information content (AvgIpc) is 2.74. The van der Waals surface area contributed by atoms with Gasteiger partial charge in [0.05, 0.1) is 0 Å². The Morgan fingerprint density at radius 2 is 1.90 bits per heavy atom. The normalized spacial score (nSPS) is 54.2. The van der Waals surface area contributed by atoms with Crippen LogP contribution in [0.5, 0.6) is 0 Å². The molecule has 110 valence electrons. The average molecular weight is 272 g/mol. The summed E-state index contributed by atoms with van der Waals surface area (Å²) in [6.07, 6.45) is 15.2. The van der Waals surface area contributed by atoms with Gasteiger partial charge in [-0.25, -0.2) is 0 Å². The Balaban J connectivity index is 1.68. The molecule has 4 aliphatic carbocycles. The minimum absolute atomic E-state index is 0.0426. The number of rotatable bonds is 0. The highest BCUT2D eigenvalue weighted by Crippen LogP contribution is 2.64. The van der Waals surface area contributed by atoms with E-state index >= 15 is 0 Å². The molecule has 3 saturated carbocycles. The summed E-state index contributed by atoms with van der Waals surface area (Å²) in [6.45, 7) is 4.84. The molecule has 0 amide bonds. The first-order valence-electron chi connectivity index (χ1n) is 8.78. The molecule has 0 aromatic carbocycles. The molecule has 0 aliphatic heterocycles. The van der Waals surface area contributed by atoms with Crippen molar-refractivity contribution in [1.82, 2.24) is 0 Å². The van der Waals surface area contributed by atoms with Crippen molar-refractivity contribution in [3.63, 3.8) is 0 Å². The molecule has 0 radical (unpaired) electrons. The van der Waals surface area contributed by atoms with Gasteiger partial charge >= 0.3 is 0 Å². The third kappa shape index (κ3) is 1.53. The van der Waals surface area contributed by atoms with Crippen LogP contribution in [-0.2, 0) is 4.79 Å². The first-order valence-corrected chi connectivity index (χ1v) is 8.78. The summed E-state index contributed by atoms with van der Waals surface area (Å²) < 4.78 is 0. The van der Waals surface area contributed by atoms with Gasteiger partial charge in [0.1, 0.15) is 0 Å². The maximum atomic E-state index is 12.3. The molecule has 0 aromatic rings. The van der Waals surface area contributed by atoms with Crippen molar-refractivity contribution < 1.29 is 4.79 Å². The number of allylic oxidation sites excluding steroid dienone is 2. The van der Waals surface area contributed by atoms with Crippen LogP contribution in [0, 0.1) is 34.5 Å². The highest BCUT2D eigenvalue weighted by atomic mass is 16.1. The Hall–Kier alpha value is -0.590. The second-order valence-electron chi connectivity index (χ2n) is 8.50. The van der Waals surface area contributed by atoms with E-state index < -0.39 is 0 Å². The lowest BCUT2D eigenvalue weighted by atomic mass is 9.45. The number of fused-ring (bicyclic) bond motifs is 5. The number of hydrogen-bond acceptors (Lipinski definition) is 1. The van der Waals surface area contributed by atoms with Gasteiger partial charge in [-0.3, -0.25) is 4.79 Å². The zero-order valence-corrected chi connectivity index (χ0v) is 13.0. The molecule has 20 heavy (non-hydrogen) atoms. The summed E-state index contributed by atoms with van der Waals surface area (Å²) in [7, 11) is 0. The maximum Gasteiger partial charge on any atom is 0.161 e. The monoisotopic (exact) mass is 272 g/mol. The summed E-state index contributed by atoms with van der Waals surface area (Å²) in [5, 5.41) is 0. The lowest BCUT2D eigenvalue weighted by molar-refractivity contribution is -0.136. The Morgan fingerprint density at radius 1 is 1.05 bits per heavy atom. The summed E-state index contributed by atoms with van der Waals surface area (Å²) in [4.78, 5) is 12.3. The van der Waals surface area contributed by atoms with E-state index in [1.807, 2.05) is 6.08 Å². The van der Waals surface area contributed by atoms with Crippen LogP contribution in [0.4, 0.5) is 0 Å². The van der Waals surface area contributed by atoms with Gasteiger partial charge in [0.2, 0.25) is 0 Å². The third-order valence-corrected chi connectivity index (χ3v) is 7.85. The molecule has 0 heterocycles. The fourth-order valence-electron chi connectivity index (χ4n) is 6.57. The summed E-state index contributed by atoms with van der Waals surface area (Å²) >= 11 is 0. The molecule has 1 unspecified atom stereocenters. The van der Waals surface area contributed by atoms with Crippen molar-refractivity contribution in [2.45, 2.75) is 65.2 Å². The van der Waals surface area contributed by atoms with Crippen LogP contribution in [0.2, 0.25) is 0 Å². The zero-order valence-electron chi connectivity index (χ0n) is 13.0. The van der Waals surface area contributed by atoms with Crippen molar-refractivity contribution in [2.75, 3.05) is 0 Å². The van der Waals surface area contributed by atoms with Crippen molar-refractivity contribution in [2.24, 2.45) is 34.5 Å². The van der Waals surface area contributed by atoms with E-state index in [0.717, 1.165) is 24.2 Å². The van der Waals surface area contributed by atoms with Crippen molar-refractivity contribution in [1.29, 1.82) is 0 Å². The Labute approximate surface area is 123 Å². The molecule has 4 aliphatic rings. The second-order valence-corrected chi connectivity index (χ2v) is 8.50. The highest BCUT2D eigenvalue weighted by Gasteiger charge is 2.58. The smallest absolute Gasteiger partial charge is 0.161 e. The number of ketones is 1.